The van der Waals surface area contributed by atoms with Crippen molar-refractivity contribution in [2.24, 2.45) is 5.92 Å². The van der Waals surface area contributed by atoms with Crippen LogP contribution in [0.15, 0.2) is 0 Å². The molecule has 90 valence electrons. The second-order valence-electron chi connectivity index (χ2n) is 4.51. The van der Waals surface area contributed by atoms with E-state index in [2.05, 4.69) is 38.2 Å². The zero-order chi connectivity index (χ0) is 11.4. The van der Waals surface area contributed by atoms with Crippen LogP contribution in [0.5, 0.6) is 0 Å². The summed E-state index contributed by atoms with van der Waals surface area (Å²) in [4.78, 5) is 2.15. The fraction of sp³-hybridized carbons (Fsp3) is 1.00. The van der Waals surface area contributed by atoms with Crippen LogP contribution in [0.3, 0.4) is 0 Å². The molecule has 0 amide bonds. The summed E-state index contributed by atoms with van der Waals surface area (Å²) in [6.07, 6.45) is 1.55. The van der Waals surface area contributed by atoms with E-state index in [0.29, 0.717) is 18.6 Å². The summed E-state index contributed by atoms with van der Waals surface area (Å²) in [5.74, 6) is 0.494. The third-order valence-corrected chi connectivity index (χ3v) is 3.25. The van der Waals surface area contributed by atoms with Gasteiger partial charge in [-0.3, -0.25) is 10.2 Å². The lowest BCUT2D eigenvalue weighted by molar-refractivity contribution is -0.0244. The molecule has 0 saturated carbocycles. The van der Waals surface area contributed by atoms with Crippen LogP contribution in [0.1, 0.15) is 20.3 Å². The van der Waals surface area contributed by atoms with Crippen molar-refractivity contribution < 1.29 is 9.84 Å². The van der Waals surface area contributed by atoms with Gasteiger partial charge in [-0.1, -0.05) is 13.8 Å². The van der Waals surface area contributed by atoms with Gasteiger partial charge in [-0.05, 0) is 20.5 Å². The van der Waals surface area contributed by atoms with Gasteiger partial charge in [0.25, 0.3) is 0 Å². The minimum Gasteiger partial charge on any atom is -0.394 e. The van der Waals surface area contributed by atoms with E-state index in [1.165, 1.54) is 0 Å². The van der Waals surface area contributed by atoms with Crippen molar-refractivity contribution >= 4 is 0 Å². The Kier molecular flexibility index (Phi) is 4.99. The fourth-order valence-corrected chi connectivity index (χ4v) is 2.35. The Hall–Kier alpha value is -0.160. The van der Waals surface area contributed by atoms with Crippen molar-refractivity contribution in [3.05, 3.63) is 0 Å². The van der Waals surface area contributed by atoms with E-state index < -0.39 is 0 Å². The zero-order valence-corrected chi connectivity index (χ0v) is 10.2. The van der Waals surface area contributed by atoms with Crippen molar-refractivity contribution in [1.82, 2.24) is 10.2 Å². The summed E-state index contributed by atoms with van der Waals surface area (Å²) in [5, 5.41) is 12.4. The topological polar surface area (TPSA) is 44.7 Å². The van der Waals surface area contributed by atoms with Gasteiger partial charge >= 0.3 is 0 Å². The van der Waals surface area contributed by atoms with Gasteiger partial charge in [0.2, 0.25) is 0 Å². The summed E-state index contributed by atoms with van der Waals surface area (Å²) in [5.41, 5.74) is 0. The molecule has 4 nitrogen and oxygen atoms in total. The lowest BCUT2D eigenvalue weighted by Crippen LogP contribution is -2.46. The molecule has 2 N–H and O–H groups in total. The first-order chi connectivity index (χ1) is 7.11. The first kappa shape index (κ1) is 12.9. The molecule has 0 radical (unpaired) electrons. The lowest BCUT2D eigenvalue weighted by atomic mass is 9.98. The molecule has 1 fully saturated rings. The van der Waals surface area contributed by atoms with Crippen molar-refractivity contribution in [2.45, 2.75) is 38.6 Å². The summed E-state index contributed by atoms with van der Waals surface area (Å²) >= 11 is 0. The number of rotatable bonds is 5. The van der Waals surface area contributed by atoms with Gasteiger partial charge < -0.3 is 9.84 Å². The molecule has 15 heavy (non-hydrogen) atoms. The molecule has 1 unspecified atom stereocenters. The third kappa shape index (κ3) is 2.91. The smallest absolute Gasteiger partial charge is 0.0903 e. The van der Waals surface area contributed by atoms with E-state index in [-0.39, 0.29) is 18.9 Å². The van der Waals surface area contributed by atoms with E-state index in [9.17, 15) is 0 Å². The van der Waals surface area contributed by atoms with E-state index in [1.807, 2.05) is 0 Å². The fourth-order valence-electron chi connectivity index (χ4n) is 2.35. The molecule has 0 bridgehead atoms. The number of nitrogens with one attached hydrogen (secondary N) is 1. The van der Waals surface area contributed by atoms with Gasteiger partial charge in [-0.25, -0.2) is 0 Å². The van der Waals surface area contributed by atoms with Gasteiger partial charge in [0.05, 0.1) is 25.5 Å². The summed E-state index contributed by atoms with van der Waals surface area (Å²) in [6, 6.07) is 0.515. The van der Waals surface area contributed by atoms with Crippen LogP contribution in [-0.2, 0) is 4.74 Å². The molecule has 0 aromatic heterocycles. The Morgan fingerprint density at radius 3 is 2.53 bits per heavy atom. The highest BCUT2D eigenvalue weighted by Crippen LogP contribution is 2.26. The predicted octanol–water partition coefficient (Wildman–Crippen LogP) is 0.270. The first-order valence-corrected chi connectivity index (χ1v) is 5.76. The SMILES string of the molecule is CC[C@H]1N[C@@H](N(C)C)C(OCCO)[C@@H]1C. The molecule has 1 rings (SSSR count). The number of aliphatic hydroxyl groups excluding tert-OH is 1. The highest BCUT2D eigenvalue weighted by atomic mass is 16.5. The second kappa shape index (κ2) is 5.80. The van der Waals surface area contributed by atoms with Gasteiger partial charge in [0.15, 0.2) is 0 Å². The Balaban J connectivity index is 2.61. The van der Waals surface area contributed by atoms with Gasteiger partial charge in [0, 0.05) is 12.0 Å². The molecule has 1 saturated heterocycles. The largest absolute Gasteiger partial charge is 0.394 e. The number of ether oxygens (including phenoxy) is 1. The lowest BCUT2D eigenvalue weighted by Gasteiger charge is -2.27. The molecule has 1 aliphatic rings. The van der Waals surface area contributed by atoms with Gasteiger partial charge in [-0.15, -0.1) is 0 Å². The van der Waals surface area contributed by atoms with Crippen LogP contribution < -0.4 is 5.32 Å². The Labute approximate surface area is 92.6 Å². The molecule has 0 aromatic carbocycles. The average molecular weight is 216 g/mol. The average Bonchev–Trinajstić information content (AvgIpc) is 2.52. The highest BCUT2D eigenvalue weighted by molar-refractivity contribution is 4.94. The molecule has 1 aliphatic heterocycles. The molecular weight excluding hydrogens is 192 g/mol. The Morgan fingerprint density at radius 1 is 1.40 bits per heavy atom. The van der Waals surface area contributed by atoms with E-state index in [0.717, 1.165) is 6.42 Å². The molecule has 0 spiro atoms. The van der Waals surface area contributed by atoms with E-state index >= 15 is 0 Å². The third-order valence-electron chi connectivity index (χ3n) is 3.25. The number of nitrogens with zero attached hydrogens (tertiary/aromatic N) is 1. The summed E-state index contributed by atoms with van der Waals surface area (Å²) in [6.45, 7) is 4.93. The number of hydrogen-bond donors (Lipinski definition) is 2. The van der Waals surface area contributed by atoms with Crippen LogP contribution in [0.2, 0.25) is 0 Å². The summed E-state index contributed by atoms with van der Waals surface area (Å²) < 4.78 is 5.72. The van der Waals surface area contributed by atoms with Crippen molar-refractivity contribution in [1.29, 1.82) is 0 Å². The maximum Gasteiger partial charge on any atom is 0.0903 e. The van der Waals surface area contributed by atoms with Crippen molar-refractivity contribution in [3.63, 3.8) is 0 Å². The quantitative estimate of drug-likeness (QED) is 0.692. The van der Waals surface area contributed by atoms with Crippen LogP contribution in [-0.4, -0.2) is 55.6 Å². The van der Waals surface area contributed by atoms with Gasteiger partial charge in [-0.2, -0.15) is 0 Å². The molecule has 0 aliphatic carbocycles. The standard InChI is InChI=1S/C11H24N2O2/c1-5-9-8(2)10(15-7-6-14)11(12-9)13(3)4/h8-12,14H,5-7H2,1-4H3/t8-,9-,10?,11+/m1/s1. The van der Waals surface area contributed by atoms with Crippen LogP contribution in [0, 0.1) is 5.92 Å². The monoisotopic (exact) mass is 216 g/mol. The zero-order valence-electron chi connectivity index (χ0n) is 10.2. The molecular formula is C11H24N2O2. The summed E-state index contributed by atoms with van der Waals surface area (Å²) in [7, 11) is 4.11. The number of likely N-dealkylation sites (N-methyl/N-ethyl adjacent to an activating group) is 1. The molecule has 4 atom stereocenters. The Bertz CT molecular complexity index is 187. The predicted molar refractivity (Wildman–Crippen MR) is 60.7 cm³/mol. The second-order valence-corrected chi connectivity index (χ2v) is 4.51. The number of aliphatic hydroxyl groups is 1. The van der Waals surface area contributed by atoms with Crippen LogP contribution >= 0.6 is 0 Å². The maximum atomic E-state index is 8.80. The minimum absolute atomic E-state index is 0.0974. The van der Waals surface area contributed by atoms with E-state index in [1.54, 1.807) is 0 Å². The van der Waals surface area contributed by atoms with Crippen LogP contribution in [0.4, 0.5) is 0 Å². The van der Waals surface area contributed by atoms with Crippen molar-refractivity contribution in [2.75, 3.05) is 27.3 Å². The van der Waals surface area contributed by atoms with Gasteiger partial charge in [0.1, 0.15) is 0 Å². The molecule has 0 aromatic rings. The first-order valence-electron chi connectivity index (χ1n) is 5.76. The molecule has 4 heteroatoms. The Morgan fingerprint density at radius 2 is 2.07 bits per heavy atom. The van der Waals surface area contributed by atoms with Crippen molar-refractivity contribution in [3.8, 4) is 0 Å². The highest BCUT2D eigenvalue weighted by Gasteiger charge is 2.40. The normalized spacial score (nSPS) is 36.4. The van der Waals surface area contributed by atoms with Crippen LogP contribution in [0.25, 0.3) is 0 Å². The molecule has 1 heterocycles. The minimum atomic E-state index is 0.0974. The maximum absolute atomic E-state index is 8.80. The number of hydrogen-bond acceptors (Lipinski definition) is 4. The van der Waals surface area contributed by atoms with E-state index in [4.69, 9.17) is 9.84 Å².